The van der Waals surface area contributed by atoms with Crippen LogP contribution < -0.4 is 4.74 Å². The summed E-state index contributed by atoms with van der Waals surface area (Å²) < 4.78 is 28.7. The van der Waals surface area contributed by atoms with E-state index >= 15 is 0 Å². The van der Waals surface area contributed by atoms with Crippen LogP contribution in [-0.4, -0.2) is 26.7 Å². The number of aliphatic hydroxyl groups is 1. The van der Waals surface area contributed by atoms with Gasteiger partial charge in [0.1, 0.15) is 5.75 Å². The highest BCUT2D eigenvalue weighted by molar-refractivity contribution is 7.95. The Morgan fingerprint density at radius 2 is 2.06 bits per heavy atom. The highest BCUT2D eigenvalue weighted by atomic mass is 32.2. The highest BCUT2D eigenvalue weighted by Crippen LogP contribution is 2.40. The lowest BCUT2D eigenvalue weighted by Crippen LogP contribution is -2.03. The van der Waals surface area contributed by atoms with E-state index in [-0.39, 0.29) is 4.90 Å². The Morgan fingerprint density at radius 1 is 1.38 bits per heavy atom. The Bertz CT molecular complexity index is 555. The van der Waals surface area contributed by atoms with Gasteiger partial charge in [-0.05, 0) is 19.1 Å². The smallest absolute Gasteiger partial charge is 0.200 e. The minimum absolute atomic E-state index is 0.197. The summed E-state index contributed by atoms with van der Waals surface area (Å²) >= 11 is 0. The van der Waals surface area contributed by atoms with Crippen LogP contribution in [0.3, 0.4) is 0 Å². The molecule has 1 aliphatic heterocycles. The van der Waals surface area contributed by atoms with Gasteiger partial charge in [-0.2, -0.15) is 0 Å². The number of ether oxygens (including phenoxy) is 1. The molecule has 1 unspecified atom stereocenters. The van der Waals surface area contributed by atoms with Crippen molar-refractivity contribution in [3.63, 3.8) is 0 Å². The van der Waals surface area contributed by atoms with Crippen LogP contribution in [0.1, 0.15) is 12.5 Å². The van der Waals surface area contributed by atoms with Gasteiger partial charge in [-0.15, -0.1) is 0 Å². The molecule has 0 saturated carbocycles. The SMILES string of the molecule is COc1cccc2c1C(C(C)O)=CS2(=O)=O. The van der Waals surface area contributed by atoms with E-state index in [0.717, 1.165) is 5.41 Å². The van der Waals surface area contributed by atoms with Crippen molar-refractivity contribution in [1.82, 2.24) is 0 Å². The van der Waals surface area contributed by atoms with Crippen LogP contribution >= 0.6 is 0 Å². The van der Waals surface area contributed by atoms with Crippen molar-refractivity contribution in [2.45, 2.75) is 17.9 Å². The van der Waals surface area contributed by atoms with Gasteiger partial charge in [0, 0.05) is 16.5 Å². The molecule has 86 valence electrons. The van der Waals surface area contributed by atoms with Crippen LogP contribution in [0.2, 0.25) is 0 Å². The third-order valence-corrected chi connectivity index (χ3v) is 4.05. The van der Waals surface area contributed by atoms with Gasteiger partial charge < -0.3 is 9.84 Å². The van der Waals surface area contributed by atoms with Crippen molar-refractivity contribution in [2.75, 3.05) is 7.11 Å². The minimum atomic E-state index is -3.43. The molecule has 1 atom stereocenters. The van der Waals surface area contributed by atoms with E-state index in [1.807, 2.05) is 0 Å². The van der Waals surface area contributed by atoms with Crippen LogP contribution in [0.25, 0.3) is 5.57 Å². The third-order valence-electron chi connectivity index (χ3n) is 2.54. The standard InChI is InChI=1S/C11H12O4S/c1-7(12)8-6-16(13,14)10-5-3-4-9(15-2)11(8)10/h3-7,12H,1-2H3. The molecule has 1 heterocycles. The molecule has 0 bridgehead atoms. The second-order valence-corrected chi connectivity index (χ2v) is 5.39. The number of benzene rings is 1. The summed E-state index contributed by atoms with van der Waals surface area (Å²) in [4.78, 5) is 0.197. The molecule has 0 spiro atoms. The lowest BCUT2D eigenvalue weighted by Gasteiger charge is -2.11. The summed E-state index contributed by atoms with van der Waals surface area (Å²) in [5.74, 6) is 0.464. The van der Waals surface area contributed by atoms with E-state index in [0.29, 0.717) is 16.9 Å². The van der Waals surface area contributed by atoms with Crippen LogP contribution in [0, 0.1) is 0 Å². The zero-order valence-corrected chi connectivity index (χ0v) is 9.78. The van der Waals surface area contributed by atoms with Crippen LogP contribution in [0.5, 0.6) is 5.75 Å². The molecular formula is C11H12O4S. The largest absolute Gasteiger partial charge is 0.496 e. The van der Waals surface area contributed by atoms with Gasteiger partial charge in [0.25, 0.3) is 0 Å². The molecule has 0 fully saturated rings. The average Bonchev–Trinajstić information content (AvgIpc) is 2.51. The first-order chi connectivity index (χ1) is 7.47. The van der Waals surface area contributed by atoms with Gasteiger partial charge in [0.05, 0.1) is 18.1 Å². The maximum Gasteiger partial charge on any atom is 0.200 e. The number of sulfone groups is 1. The Balaban J connectivity index is 2.78. The summed E-state index contributed by atoms with van der Waals surface area (Å²) in [5, 5.41) is 10.7. The van der Waals surface area contributed by atoms with Crippen molar-refractivity contribution < 1.29 is 18.3 Å². The van der Waals surface area contributed by atoms with Crippen molar-refractivity contribution in [3.8, 4) is 5.75 Å². The molecule has 0 aromatic heterocycles. The quantitative estimate of drug-likeness (QED) is 0.843. The van der Waals surface area contributed by atoms with Gasteiger partial charge >= 0.3 is 0 Å². The fraction of sp³-hybridized carbons (Fsp3) is 0.273. The monoisotopic (exact) mass is 240 g/mol. The summed E-state index contributed by atoms with van der Waals surface area (Å²) in [5.41, 5.74) is 0.854. The minimum Gasteiger partial charge on any atom is -0.496 e. The number of hydrogen-bond donors (Lipinski definition) is 1. The molecule has 4 nitrogen and oxygen atoms in total. The molecule has 0 amide bonds. The normalized spacial score (nSPS) is 18.8. The van der Waals surface area contributed by atoms with E-state index in [4.69, 9.17) is 4.74 Å². The maximum atomic E-state index is 11.8. The fourth-order valence-corrected chi connectivity index (χ4v) is 3.35. The summed E-state index contributed by atoms with van der Waals surface area (Å²) in [7, 11) is -1.96. The predicted molar refractivity (Wildman–Crippen MR) is 59.8 cm³/mol. The lowest BCUT2D eigenvalue weighted by molar-refractivity contribution is 0.253. The molecule has 0 aliphatic carbocycles. The van der Waals surface area contributed by atoms with Gasteiger partial charge in [-0.3, -0.25) is 0 Å². The fourth-order valence-electron chi connectivity index (χ4n) is 1.80. The van der Waals surface area contributed by atoms with E-state index in [9.17, 15) is 13.5 Å². The number of rotatable bonds is 2. The summed E-state index contributed by atoms with van der Waals surface area (Å²) in [6.07, 6.45) is -0.840. The van der Waals surface area contributed by atoms with Crippen molar-refractivity contribution in [3.05, 3.63) is 29.2 Å². The first-order valence-corrected chi connectivity index (χ1v) is 6.34. The first-order valence-electron chi connectivity index (χ1n) is 4.79. The van der Waals surface area contributed by atoms with E-state index in [1.165, 1.54) is 20.1 Å². The van der Waals surface area contributed by atoms with Crippen LogP contribution in [-0.2, 0) is 9.84 Å². The zero-order chi connectivity index (χ0) is 11.9. The molecule has 0 radical (unpaired) electrons. The molecule has 2 rings (SSSR count). The Morgan fingerprint density at radius 3 is 2.62 bits per heavy atom. The first kappa shape index (κ1) is 11.2. The number of aliphatic hydroxyl groups excluding tert-OH is 1. The molecule has 1 aliphatic rings. The Kier molecular flexibility index (Phi) is 2.52. The molecule has 0 saturated heterocycles. The van der Waals surface area contributed by atoms with E-state index in [1.54, 1.807) is 12.1 Å². The van der Waals surface area contributed by atoms with E-state index < -0.39 is 15.9 Å². The molecule has 16 heavy (non-hydrogen) atoms. The predicted octanol–water partition coefficient (Wildman–Crippen LogP) is 1.20. The van der Waals surface area contributed by atoms with Gasteiger partial charge in [-0.1, -0.05) is 6.07 Å². The van der Waals surface area contributed by atoms with Gasteiger partial charge in [0.15, 0.2) is 0 Å². The number of methoxy groups -OCH3 is 1. The summed E-state index contributed by atoms with van der Waals surface area (Å²) in [6, 6.07) is 4.81. The number of hydrogen-bond acceptors (Lipinski definition) is 4. The van der Waals surface area contributed by atoms with Crippen LogP contribution in [0.4, 0.5) is 0 Å². The highest BCUT2D eigenvalue weighted by Gasteiger charge is 2.31. The van der Waals surface area contributed by atoms with Crippen molar-refractivity contribution in [2.24, 2.45) is 0 Å². The maximum absolute atomic E-state index is 11.8. The molecule has 1 aromatic carbocycles. The van der Waals surface area contributed by atoms with Crippen molar-refractivity contribution in [1.29, 1.82) is 0 Å². The second kappa shape index (κ2) is 3.61. The van der Waals surface area contributed by atoms with E-state index in [2.05, 4.69) is 0 Å². The lowest BCUT2D eigenvalue weighted by atomic mass is 10.0. The second-order valence-electron chi connectivity index (χ2n) is 3.63. The average molecular weight is 240 g/mol. The number of fused-ring (bicyclic) bond motifs is 1. The molecule has 5 heteroatoms. The molecule has 1 N–H and O–H groups in total. The molecular weight excluding hydrogens is 228 g/mol. The third kappa shape index (κ3) is 1.52. The Labute approximate surface area is 94.1 Å². The summed E-state index contributed by atoms with van der Waals surface area (Å²) in [6.45, 7) is 1.53. The molecule has 1 aromatic rings. The van der Waals surface area contributed by atoms with Gasteiger partial charge in [-0.25, -0.2) is 8.42 Å². The zero-order valence-electron chi connectivity index (χ0n) is 8.97. The van der Waals surface area contributed by atoms with Gasteiger partial charge in [0.2, 0.25) is 9.84 Å². The Hall–Kier alpha value is -1.33. The van der Waals surface area contributed by atoms with Crippen molar-refractivity contribution >= 4 is 15.4 Å². The topological polar surface area (TPSA) is 63.6 Å². The van der Waals surface area contributed by atoms with Crippen LogP contribution in [0.15, 0.2) is 28.5 Å².